The third kappa shape index (κ3) is 3.04. The Bertz CT molecular complexity index is 518. The fourth-order valence-electron chi connectivity index (χ4n) is 2.26. The summed E-state index contributed by atoms with van der Waals surface area (Å²) < 4.78 is 19.7. The molecular formula is C16H19FO2. The Morgan fingerprint density at radius 1 is 1.37 bits per heavy atom. The maximum atomic E-state index is 14.1. The molecule has 2 nitrogen and oxygen atoms in total. The van der Waals surface area contributed by atoms with Crippen molar-refractivity contribution in [2.75, 3.05) is 6.61 Å². The van der Waals surface area contributed by atoms with E-state index in [1.54, 1.807) is 13.0 Å². The van der Waals surface area contributed by atoms with Gasteiger partial charge in [-0.25, -0.2) is 4.39 Å². The molecule has 1 unspecified atom stereocenters. The second kappa shape index (κ2) is 6.02. The zero-order chi connectivity index (χ0) is 13.8. The first kappa shape index (κ1) is 13.8. The quantitative estimate of drug-likeness (QED) is 0.900. The van der Waals surface area contributed by atoms with E-state index in [1.165, 1.54) is 0 Å². The van der Waals surface area contributed by atoms with Crippen molar-refractivity contribution < 1.29 is 14.2 Å². The highest BCUT2D eigenvalue weighted by molar-refractivity contribution is 5.42. The van der Waals surface area contributed by atoms with E-state index in [-0.39, 0.29) is 18.2 Å². The normalized spacial score (nSPS) is 17.8. The predicted octanol–water partition coefficient (Wildman–Crippen LogP) is 3.45. The van der Waals surface area contributed by atoms with E-state index in [0.29, 0.717) is 23.7 Å². The van der Waals surface area contributed by atoms with Crippen LogP contribution in [0.25, 0.3) is 0 Å². The van der Waals surface area contributed by atoms with Crippen LogP contribution in [0.2, 0.25) is 0 Å². The van der Waals surface area contributed by atoms with Crippen molar-refractivity contribution >= 4 is 0 Å². The highest BCUT2D eigenvalue weighted by Gasteiger charge is 2.15. The van der Waals surface area contributed by atoms with Gasteiger partial charge >= 0.3 is 0 Å². The van der Waals surface area contributed by atoms with Crippen molar-refractivity contribution in [1.82, 2.24) is 0 Å². The zero-order valence-electron chi connectivity index (χ0n) is 11.3. The van der Waals surface area contributed by atoms with E-state index in [1.807, 2.05) is 19.1 Å². The molecule has 1 aliphatic rings. The summed E-state index contributed by atoms with van der Waals surface area (Å²) in [5, 5.41) is 9.22. The minimum atomic E-state index is -0.370. The molecule has 1 aliphatic carbocycles. The van der Waals surface area contributed by atoms with Gasteiger partial charge in [0, 0.05) is 5.92 Å². The highest BCUT2D eigenvalue weighted by Crippen LogP contribution is 2.27. The number of rotatable bonds is 4. The van der Waals surface area contributed by atoms with E-state index < -0.39 is 0 Å². The van der Waals surface area contributed by atoms with Crippen molar-refractivity contribution in [3.05, 3.63) is 52.9 Å². The Balaban J connectivity index is 2.12. The van der Waals surface area contributed by atoms with Gasteiger partial charge in [-0.1, -0.05) is 24.3 Å². The smallest absolute Gasteiger partial charge is 0.168 e. The highest BCUT2D eigenvalue weighted by atomic mass is 19.1. The van der Waals surface area contributed by atoms with Gasteiger partial charge in [0.05, 0.1) is 13.2 Å². The Kier molecular flexibility index (Phi) is 4.38. The van der Waals surface area contributed by atoms with Crippen LogP contribution >= 0.6 is 0 Å². The molecule has 1 atom stereocenters. The van der Waals surface area contributed by atoms with Crippen molar-refractivity contribution in [1.29, 1.82) is 0 Å². The number of hydrogen-bond acceptors (Lipinski definition) is 2. The van der Waals surface area contributed by atoms with Gasteiger partial charge in [-0.15, -0.1) is 0 Å². The largest absolute Gasteiger partial charge is 0.490 e. The Morgan fingerprint density at radius 2 is 2.16 bits per heavy atom. The SMILES string of the molecule is Cc1cc(OCC2C=CC=CC2)c(F)c(C)c1CO. The van der Waals surface area contributed by atoms with Crippen LogP contribution in [0.1, 0.15) is 23.1 Å². The van der Waals surface area contributed by atoms with Crippen molar-refractivity contribution in [2.45, 2.75) is 26.9 Å². The summed E-state index contributed by atoms with van der Waals surface area (Å²) in [4.78, 5) is 0. The fourth-order valence-corrected chi connectivity index (χ4v) is 2.26. The Labute approximate surface area is 113 Å². The molecule has 0 saturated carbocycles. The van der Waals surface area contributed by atoms with Gasteiger partial charge in [-0.2, -0.15) is 0 Å². The molecule has 0 radical (unpaired) electrons. The number of aliphatic hydroxyl groups is 1. The summed E-state index contributed by atoms with van der Waals surface area (Å²) in [5.74, 6) is 0.197. The summed E-state index contributed by atoms with van der Waals surface area (Å²) in [5.41, 5.74) is 1.97. The van der Waals surface area contributed by atoms with Crippen LogP contribution in [0.5, 0.6) is 5.75 Å². The van der Waals surface area contributed by atoms with Crippen LogP contribution < -0.4 is 4.74 Å². The first-order chi connectivity index (χ1) is 9.13. The van der Waals surface area contributed by atoms with Gasteiger partial charge in [0.1, 0.15) is 0 Å². The molecule has 0 bridgehead atoms. The average molecular weight is 262 g/mol. The second-order valence-electron chi connectivity index (χ2n) is 4.89. The van der Waals surface area contributed by atoms with Gasteiger partial charge in [0.25, 0.3) is 0 Å². The molecule has 0 spiro atoms. The standard InChI is InChI=1S/C16H19FO2/c1-11-8-15(16(17)12(2)14(11)9-18)19-10-13-6-4-3-5-7-13/h3-6,8,13,18H,7,9-10H2,1-2H3. The number of benzene rings is 1. The Morgan fingerprint density at radius 3 is 2.79 bits per heavy atom. The number of allylic oxidation sites excluding steroid dienone is 3. The minimum absolute atomic E-state index is 0.148. The van der Waals surface area contributed by atoms with Crippen molar-refractivity contribution in [2.24, 2.45) is 5.92 Å². The van der Waals surface area contributed by atoms with Crippen LogP contribution in [-0.4, -0.2) is 11.7 Å². The molecule has 0 heterocycles. The third-order valence-corrected chi connectivity index (χ3v) is 3.50. The predicted molar refractivity (Wildman–Crippen MR) is 73.7 cm³/mol. The Hall–Kier alpha value is -1.61. The number of halogens is 1. The van der Waals surface area contributed by atoms with Crippen LogP contribution in [0.3, 0.4) is 0 Å². The first-order valence-corrected chi connectivity index (χ1v) is 6.49. The molecule has 102 valence electrons. The maximum Gasteiger partial charge on any atom is 0.168 e. The summed E-state index contributed by atoms with van der Waals surface area (Å²) in [6.45, 7) is 3.85. The molecule has 0 aromatic heterocycles. The summed E-state index contributed by atoms with van der Waals surface area (Å²) in [7, 11) is 0. The lowest BCUT2D eigenvalue weighted by molar-refractivity contribution is 0.259. The molecule has 1 N–H and O–H groups in total. The zero-order valence-corrected chi connectivity index (χ0v) is 11.3. The molecule has 19 heavy (non-hydrogen) atoms. The van der Waals surface area contributed by atoms with E-state index in [0.717, 1.165) is 12.0 Å². The van der Waals surface area contributed by atoms with Gasteiger partial charge in [0.2, 0.25) is 0 Å². The van der Waals surface area contributed by atoms with Gasteiger partial charge in [-0.05, 0) is 43.0 Å². The molecule has 2 rings (SSSR count). The maximum absolute atomic E-state index is 14.1. The van der Waals surface area contributed by atoms with Gasteiger partial charge < -0.3 is 9.84 Å². The molecule has 0 saturated heterocycles. The van der Waals surface area contributed by atoms with Crippen molar-refractivity contribution in [3.63, 3.8) is 0 Å². The monoisotopic (exact) mass is 262 g/mol. The summed E-state index contributed by atoms with van der Waals surface area (Å²) >= 11 is 0. The van der Waals surface area contributed by atoms with Crippen LogP contribution in [0.4, 0.5) is 4.39 Å². The molecule has 0 amide bonds. The fraction of sp³-hybridized carbons (Fsp3) is 0.375. The molecule has 3 heteroatoms. The second-order valence-corrected chi connectivity index (χ2v) is 4.89. The summed E-state index contributed by atoms with van der Waals surface area (Å²) in [6, 6.07) is 1.66. The van der Waals surface area contributed by atoms with E-state index in [2.05, 4.69) is 12.2 Å². The molecule has 1 aromatic carbocycles. The topological polar surface area (TPSA) is 29.5 Å². The number of aliphatic hydroxyl groups excluding tert-OH is 1. The van der Waals surface area contributed by atoms with E-state index >= 15 is 0 Å². The van der Waals surface area contributed by atoms with Gasteiger partial charge in [-0.3, -0.25) is 0 Å². The lowest BCUT2D eigenvalue weighted by Gasteiger charge is -2.17. The first-order valence-electron chi connectivity index (χ1n) is 6.49. The van der Waals surface area contributed by atoms with Crippen LogP contribution in [0, 0.1) is 25.6 Å². The lowest BCUT2D eigenvalue weighted by Crippen LogP contribution is -2.12. The summed E-state index contributed by atoms with van der Waals surface area (Å²) in [6.07, 6.45) is 9.06. The molecular weight excluding hydrogens is 243 g/mol. The van der Waals surface area contributed by atoms with Crippen LogP contribution in [-0.2, 0) is 6.61 Å². The lowest BCUT2D eigenvalue weighted by atomic mass is 10.0. The number of aryl methyl sites for hydroxylation is 1. The molecule has 1 aromatic rings. The van der Waals surface area contributed by atoms with Crippen LogP contribution in [0.15, 0.2) is 30.4 Å². The number of hydrogen-bond donors (Lipinski definition) is 1. The van der Waals surface area contributed by atoms with E-state index in [9.17, 15) is 9.50 Å². The molecule has 0 aliphatic heterocycles. The average Bonchev–Trinajstić information content (AvgIpc) is 2.43. The van der Waals surface area contributed by atoms with Crippen molar-refractivity contribution in [3.8, 4) is 5.75 Å². The minimum Gasteiger partial charge on any atom is -0.490 e. The number of ether oxygens (including phenoxy) is 1. The third-order valence-electron chi connectivity index (χ3n) is 3.50. The molecule has 0 fully saturated rings. The van der Waals surface area contributed by atoms with E-state index in [4.69, 9.17) is 4.74 Å². The van der Waals surface area contributed by atoms with Gasteiger partial charge in [0.15, 0.2) is 11.6 Å².